The Morgan fingerprint density at radius 2 is 2.15 bits per heavy atom. The highest BCUT2D eigenvalue weighted by atomic mass is 19.1. The van der Waals surface area contributed by atoms with Gasteiger partial charge in [0.25, 0.3) is 0 Å². The van der Waals surface area contributed by atoms with Gasteiger partial charge >= 0.3 is 6.09 Å². The van der Waals surface area contributed by atoms with Crippen LogP contribution in [0.5, 0.6) is 0 Å². The Labute approximate surface area is 117 Å². The molecule has 0 bridgehead atoms. The smallest absolute Gasteiger partial charge is 0.410 e. The molecule has 2 heterocycles. The summed E-state index contributed by atoms with van der Waals surface area (Å²) in [6.07, 6.45) is 2.63. The van der Waals surface area contributed by atoms with E-state index in [4.69, 9.17) is 4.74 Å². The van der Waals surface area contributed by atoms with Crippen molar-refractivity contribution in [3.63, 3.8) is 0 Å². The lowest BCUT2D eigenvalue weighted by Crippen LogP contribution is -2.35. The summed E-state index contributed by atoms with van der Waals surface area (Å²) in [4.78, 5) is 21.5. The fourth-order valence-electron chi connectivity index (χ4n) is 1.79. The van der Waals surface area contributed by atoms with Crippen LogP contribution in [-0.2, 0) is 4.74 Å². The van der Waals surface area contributed by atoms with Gasteiger partial charge in [0.05, 0.1) is 18.4 Å². The molecule has 1 amide bonds. The summed E-state index contributed by atoms with van der Waals surface area (Å²) >= 11 is 0. The molecule has 0 saturated heterocycles. The Morgan fingerprint density at radius 1 is 1.45 bits per heavy atom. The Morgan fingerprint density at radius 3 is 2.75 bits per heavy atom. The van der Waals surface area contributed by atoms with Crippen molar-refractivity contribution in [1.29, 1.82) is 0 Å². The number of carbonyl (C=O) groups is 1. The standard InChI is InChI=1S/C14H18FN3O2/c1-9-11(15)7-16-12(17-9)10-5-6-18(8-10)13(19)20-14(2,3)4/h5,7H,6,8H2,1-4H3. The Bertz CT molecular complexity index is 564. The van der Waals surface area contributed by atoms with Crippen molar-refractivity contribution < 1.29 is 13.9 Å². The molecule has 0 spiro atoms. The van der Waals surface area contributed by atoms with E-state index in [-0.39, 0.29) is 6.09 Å². The Balaban J connectivity index is 2.04. The number of hydrogen-bond acceptors (Lipinski definition) is 4. The molecule has 20 heavy (non-hydrogen) atoms. The van der Waals surface area contributed by atoms with Crippen LogP contribution in [0.1, 0.15) is 32.3 Å². The van der Waals surface area contributed by atoms with E-state index in [1.54, 1.807) is 11.8 Å². The van der Waals surface area contributed by atoms with E-state index in [2.05, 4.69) is 9.97 Å². The predicted octanol–water partition coefficient (Wildman–Crippen LogP) is 2.56. The van der Waals surface area contributed by atoms with Crippen LogP contribution in [0.25, 0.3) is 5.57 Å². The van der Waals surface area contributed by atoms with Crippen LogP contribution in [0, 0.1) is 12.7 Å². The van der Waals surface area contributed by atoms with Crippen LogP contribution < -0.4 is 0 Å². The summed E-state index contributed by atoms with van der Waals surface area (Å²) in [6, 6.07) is 0. The van der Waals surface area contributed by atoms with E-state index in [9.17, 15) is 9.18 Å². The zero-order valence-corrected chi connectivity index (χ0v) is 12.1. The molecule has 1 aromatic rings. The summed E-state index contributed by atoms with van der Waals surface area (Å²) < 4.78 is 18.4. The quantitative estimate of drug-likeness (QED) is 0.792. The number of aryl methyl sites for hydroxylation is 1. The normalized spacial score (nSPS) is 15.2. The molecule has 0 aromatic carbocycles. The second-order valence-electron chi connectivity index (χ2n) is 5.72. The van der Waals surface area contributed by atoms with Crippen molar-refractivity contribution in [3.05, 3.63) is 29.6 Å². The van der Waals surface area contributed by atoms with Crippen LogP contribution in [0.15, 0.2) is 12.3 Å². The summed E-state index contributed by atoms with van der Waals surface area (Å²) in [5.74, 6) is 0.0197. The SMILES string of the molecule is Cc1nc(C2=CCN(C(=O)OC(C)(C)C)C2)ncc1F. The van der Waals surface area contributed by atoms with Gasteiger partial charge in [0.1, 0.15) is 5.60 Å². The maximum absolute atomic E-state index is 13.1. The maximum atomic E-state index is 13.1. The summed E-state index contributed by atoms with van der Waals surface area (Å²) in [5.41, 5.74) is 0.577. The molecule has 1 aliphatic heterocycles. The molecule has 2 rings (SSSR count). The minimum atomic E-state index is -0.525. The van der Waals surface area contributed by atoms with Gasteiger partial charge in [-0.1, -0.05) is 6.08 Å². The number of halogens is 1. The number of carbonyl (C=O) groups excluding carboxylic acids is 1. The highest BCUT2D eigenvalue weighted by molar-refractivity contribution is 5.75. The molecule has 0 unspecified atom stereocenters. The molecule has 1 aliphatic rings. The van der Waals surface area contributed by atoms with Crippen LogP contribution in [-0.4, -0.2) is 39.7 Å². The summed E-state index contributed by atoms with van der Waals surface area (Å²) in [6.45, 7) is 7.87. The lowest BCUT2D eigenvalue weighted by atomic mass is 10.2. The lowest BCUT2D eigenvalue weighted by Gasteiger charge is -2.24. The van der Waals surface area contributed by atoms with Crippen molar-refractivity contribution in [3.8, 4) is 0 Å². The molecule has 1 aromatic heterocycles. The van der Waals surface area contributed by atoms with E-state index in [0.717, 1.165) is 11.8 Å². The van der Waals surface area contributed by atoms with Gasteiger partial charge in [-0.15, -0.1) is 0 Å². The molecule has 0 aliphatic carbocycles. The van der Waals surface area contributed by atoms with E-state index in [0.29, 0.717) is 24.6 Å². The highest BCUT2D eigenvalue weighted by Crippen LogP contribution is 2.20. The summed E-state index contributed by atoms with van der Waals surface area (Å²) in [5, 5.41) is 0. The van der Waals surface area contributed by atoms with Gasteiger partial charge in [-0.05, 0) is 27.7 Å². The highest BCUT2D eigenvalue weighted by Gasteiger charge is 2.26. The first-order valence-electron chi connectivity index (χ1n) is 6.43. The zero-order chi connectivity index (χ0) is 14.9. The third-order valence-corrected chi connectivity index (χ3v) is 2.78. The molecule has 5 nitrogen and oxygen atoms in total. The van der Waals surface area contributed by atoms with Crippen LogP contribution in [0.2, 0.25) is 0 Å². The Kier molecular flexibility index (Phi) is 3.74. The second-order valence-corrected chi connectivity index (χ2v) is 5.72. The average molecular weight is 279 g/mol. The first kappa shape index (κ1) is 14.4. The largest absolute Gasteiger partial charge is 0.444 e. The first-order valence-corrected chi connectivity index (χ1v) is 6.43. The second kappa shape index (κ2) is 5.19. The lowest BCUT2D eigenvalue weighted by molar-refractivity contribution is 0.0306. The molecule has 6 heteroatoms. The molecule has 108 valence electrons. The van der Waals surface area contributed by atoms with E-state index in [1.165, 1.54) is 0 Å². The zero-order valence-electron chi connectivity index (χ0n) is 12.1. The van der Waals surface area contributed by atoms with E-state index >= 15 is 0 Å². The Hall–Kier alpha value is -1.98. The predicted molar refractivity (Wildman–Crippen MR) is 72.5 cm³/mol. The van der Waals surface area contributed by atoms with Gasteiger partial charge < -0.3 is 9.64 Å². The van der Waals surface area contributed by atoms with Crippen LogP contribution in [0.4, 0.5) is 9.18 Å². The van der Waals surface area contributed by atoms with Gasteiger partial charge in [0.2, 0.25) is 0 Å². The number of aromatic nitrogens is 2. The van der Waals surface area contributed by atoms with Crippen molar-refractivity contribution in [2.75, 3.05) is 13.1 Å². The molecule has 0 atom stereocenters. The van der Waals surface area contributed by atoms with Gasteiger partial charge in [0, 0.05) is 12.1 Å². The maximum Gasteiger partial charge on any atom is 0.410 e. The number of hydrogen-bond donors (Lipinski definition) is 0. The molecule has 0 fully saturated rings. The first-order chi connectivity index (χ1) is 9.26. The van der Waals surface area contributed by atoms with Gasteiger partial charge in [0.15, 0.2) is 11.6 Å². The molecule has 0 saturated carbocycles. The van der Waals surface area contributed by atoms with Crippen molar-refractivity contribution in [2.24, 2.45) is 0 Å². The fraction of sp³-hybridized carbons (Fsp3) is 0.500. The minimum absolute atomic E-state index is 0.298. The molecular weight excluding hydrogens is 261 g/mol. The van der Waals surface area contributed by atoms with Crippen LogP contribution >= 0.6 is 0 Å². The molecular formula is C14H18FN3O2. The summed E-state index contributed by atoms with van der Waals surface area (Å²) in [7, 11) is 0. The van der Waals surface area contributed by atoms with Gasteiger partial charge in [-0.25, -0.2) is 19.2 Å². The average Bonchev–Trinajstić information content (AvgIpc) is 2.80. The molecule has 0 radical (unpaired) electrons. The molecule has 0 N–H and O–H groups in total. The monoisotopic (exact) mass is 279 g/mol. The topological polar surface area (TPSA) is 55.3 Å². The number of rotatable bonds is 1. The third kappa shape index (κ3) is 3.31. The fourth-order valence-corrected chi connectivity index (χ4v) is 1.79. The number of ether oxygens (including phenoxy) is 1. The van der Waals surface area contributed by atoms with Crippen LogP contribution in [0.3, 0.4) is 0 Å². The van der Waals surface area contributed by atoms with Crippen molar-refractivity contribution in [1.82, 2.24) is 14.9 Å². The van der Waals surface area contributed by atoms with Crippen molar-refractivity contribution in [2.45, 2.75) is 33.3 Å². The van der Waals surface area contributed by atoms with Gasteiger partial charge in [-0.2, -0.15) is 0 Å². The van der Waals surface area contributed by atoms with E-state index < -0.39 is 11.4 Å². The number of nitrogens with zero attached hydrogens (tertiary/aromatic N) is 3. The van der Waals surface area contributed by atoms with Gasteiger partial charge in [-0.3, -0.25) is 0 Å². The van der Waals surface area contributed by atoms with E-state index in [1.807, 2.05) is 26.8 Å². The van der Waals surface area contributed by atoms with Crippen molar-refractivity contribution >= 4 is 11.7 Å². The minimum Gasteiger partial charge on any atom is -0.444 e. The third-order valence-electron chi connectivity index (χ3n) is 2.78. The number of amides is 1.